The average Bonchev–Trinajstić information content (AvgIpc) is 3.02. The minimum Gasteiger partial charge on any atom is -0.493 e. The maximum absolute atomic E-state index is 12.8. The Morgan fingerprint density at radius 2 is 1.89 bits per heavy atom. The van der Waals surface area contributed by atoms with Crippen LogP contribution in [-0.4, -0.2) is 23.4 Å². The predicted molar refractivity (Wildman–Crippen MR) is 108 cm³/mol. The number of anilines is 1. The molecule has 1 aromatic heterocycles. The molecule has 28 heavy (non-hydrogen) atoms. The van der Waals surface area contributed by atoms with Crippen LogP contribution in [-0.2, 0) is 9.59 Å². The first-order valence-corrected chi connectivity index (χ1v) is 9.10. The zero-order valence-corrected chi connectivity index (χ0v) is 15.4. The molecule has 4 rings (SSSR count). The Morgan fingerprint density at radius 1 is 1.07 bits per heavy atom. The normalized spacial score (nSPS) is 15.3. The smallest absolute Gasteiger partial charge is 0.282 e. The second kappa shape index (κ2) is 7.52. The summed E-state index contributed by atoms with van der Waals surface area (Å²) < 4.78 is 5.81. The summed E-state index contributed by atoms with van der Waals surface area (Å²) in [4.78, 5) is 29.4. The third-order valence-electron chi connectivity index (χ3n) is 4.48. The van der Waals surface area contributed by atoms with Crippen molar-refractivity contribution in [3.63, 3.8) is 0 Å². The molecule has 1 aliphatic heterocycles. The van der Waals surface area contributed by atoms with Gasteiger partial charge in [0, 0.05) is 23.2 Å². The molecule has 2 amide bonds. The van der Waals surface area contributed by atoms with Gasteiger partial charge in [-0.2, -0.15) is 0 Å². The average molecular weight is 373 g/mol. The third kappa shape index (κ3) is 3.20. The van der Waals surface area contributed by atoms with Gasteiger partial charge in [-0.1, -0.05) is 31.2 Å². The van der Waals surface area contributed by atoms with Crippen molar-refractivity contribution in [1.82, 2.24) is 10.4 Å². The van der Waals surface area contributed by atoms with Crippen molar-refractivity contribution in [2.75, 3.05) is 11.6 Å². The van der Waals surface area contributed by atoms with E-state index in [0.29, 0.717) is 12.3 Å². The molecule has 0 aliphatic carbocycles. The molecule has 2 heterocycles. The fourth-order valence-electron chi connectivity index (χ4n) is 3.12. The van der Waals surface area contributed by atoms with Crippen molar-refractivity contribution >= 4 is 34.4 Å². The molecule has 1 fully saturated rings. The van der Waals surface area contributed by atoms with E-state index in [1.807, 2.05) is 43.3 Å². The Labute approximate surface area is 162 Å². The van der Waals surface area contributed by atoms with E-state index in [-0.39, 0.29) is 11.5 Å². The van der Waals surface area contributed by atoms with Gasteiger partial charge in [0.25, 0.3) is 11.8 Å². The van der Waals surface area contributed by atoms with Crippen LogP contribution >= 0.6 is 0 Å². The summed E-state index contributed by atoms with van der Waals surface area (Å²) >= 11 is 0. The Hall–Kier alpha value is -3.67. The first-order valence-electron chi connectivity index (χ1n) is 9.10. The lowest BCUT2D eigenvalue weighted by molar-refractivity contribution is -0.117. The highest BCUT2D eigenvalue weighted by Crippen LogP contribution is 2.30. The summed E-state index contributed by atoms with van der Waals surface area (Å²) in [6, 6.07) is 14.6. The van der Waals surface area contributed by atoms with E-state index >= 15 is 0 Å². The zero-order chi connectivity index (χ0) is 19.5. The van der Waals surface area contributed by atoms with Gasteiger partial charge in [-0.05, 0) is 42.3 Å². The number of fused-ring (bicyclic) bond motifs is 1. The molecule has 1 aliphatic rings. The molecule has 3 aromatic rings. The number of rotatable bonds is 5. The number of hydrogen-bond acceptors (Lipinski definition) is 4. The zero-order valence-electron chi connectivity index (χ0n) is 15.4. The van der Waals surface area contributed by atoms with Crippen LogP contribution in [0.5, 0.6) is 5.75 Å². The molecule has 0 bridgehead atoms. The minimum atomic E-state index is -0.433. The summed E-state index contributed by atoms with van der Waals surface area (Å²) in [6.07, 6.45) is 5.92. The highest BCUT2D eigenvalue weighted by Gasteiger charge is 2.34. The molecule has 1 saturated heterocycles. The summed E-state index contributed by atoms with van der Waals surface area (Å²) in [6.45, 7) is 2.66. The van der Waals surface area contributed by atoms with Crippen LogP contribution in [0.3, 0.4) is 0 Å². The number of pyridine rings is 1. The summed E-state index contributed by atoms with van der Waals surface area (Å²) in [5.41, 5.74) is 4.04. The molecule has 0 radical (unpaired) electrons. The Morgan fingerprint density at radius 3 is 2.68 bits per heavy atom. The van der Waals surface area contributed by atoms with Crippen molar-refractivity contribution in [1.29, 1.82) is 0 Å². The largest absolute Gasteiger partial charge is 0.493 e. The third-order valence-corrected chi connectivity index (χ3v) is 4.48. The summed E-state index contributed by atoms with van der Waals surface area (Å²) in [5.74, 6) is -0.0636. The number of aromatic nitrogens is 1. The van der Waals surface area contributed by atoms with Crippen LogP contribution in [0.4, 0.5) is 5.69 Å². The number of carbonyl (C=O) groups is 2. The molecular formula is C22H19N3O3. The van der Waals surface area contributed by atoms with Crippen molar-refractivity contribution < 1.29 is 14.3 Å². The van der Waals surface area contributed by atoms with Gasteiger partial charge in [0.2, 0.25) is 0 Å². The quantitative estimate of drug-likeness (QED) is 0.549. The molecular weight excluding hydrogens is 354 g/mol. The second-order valence-electron chi connectivity index (χ2n) is 6.40. The lowest BCUT2D eigenvalue weighted by Gasteiger charge is -2.14. The highest BCUT2D eigenvalue weighted by atomic mass is 16.5. The van der Waals surface area contributed by atoms with E-state index < -0.39 is 5.91 Å². The number of ether oxygens (including phenoxy) is 1. The molecule has 0 unspecified atom stereocenters. The fourth-order valence-corrected chi connectivity index (χ4v) is 3.12. The predicted octanol–water partition coefficient (Wildman–Crippen LogP) is 3.49. The van der Waals surface area contributed by atoms with Crippen LogP contribution in [0.1, 0.15) is 18.9 Å². The number of amides is 2. The molecule has 6 nitrogen and oxygen atoms in total. The number of nitrogens with zero attached hydrogens (tertiary/aromatic N) is 2. The van der Waals surface area contributed by atoms with E-state index in [4.69, 9.17) is 4.74 Å². The second-order valence-corrected chi connectivity index (χ2v) is 6.40. The van der Waals surface area contributed by atoms with Gasteiger partial charge >= 0.3 is 0 Å². The maximum Gasteiger partial charge on any atom is 0.282 e. The molecule has 0 atom stereocenters. The molecule has 1 N–H and O–H groups in total. The maximum atomic E-state index is 12.8. The number of hydrogen-bond donors (Lipinski definition) is 1. The van der Waals surface area contributed by atoms with E-state index in [2.05, 4.69) is 10.4 Å². The van der Waals surface area contributed by atoms with Crippen molar-refractivity contribution in [3.05, 3.63) is 72.1 Å². The van der Waals surface area contributed by atoms with E-state index in [1.165, 1.54) is 5.01 Å². The standard InChI is InChI=1S/C22H19N3O3/c1-2-12-28-20-9-8-15(19-14-23-11-10-17(19)20)13-18-21(26)24-25(22(18)27)16-6-4-3-5-7-16/h3-11,13-14H,2,12H2,1H3,(H,24,26). The Bertz CT molecular complexity index is 1080. The molecule has 140 valence electrons. The van der Waals surface area contributed by atoms with E-state index in [1.54, 1.807) is 30.6 Å². The molecule has 0 spiro atoms. The SMILES string of the molecule is CCCOc1ccc(C=C2C(=O)NN(c3ccccc3)C2=O)c2cnccc12. The van der Waals surface area contributed by atoms with Crippen LogP contribution in [0, 0.1) is 0 Å². The van der Waals surface area contributed by atoms with E-state index in [9.17, 15) is 9.59 Å². The van der Waals surface area contributed by atoms with E-state index in [0.717, 1.165) is 28.5 Å². The number of hydrazine groups is 1. The van der Waals surface area contributed by atoms with Crippen LogP contribution in [0.2, 0.25) is 0 Å². The Balaban J connectivity index is 1.74. The monoisotopic (exact) mass is 373 g/mol. The minimum absolute atomic E-state index is 0.0798. The molecule has 6 heteroatoms. The van der Waals surface area contributed by atoms with Crippen molar-refractivity contribution in [3.8, 4) is 5.75 Å². The number of nitrogens with one attached hydrogen (secondary N) is 1. The van der Waals surface area contributed by atoms with Gasteiger partial charge in [0.15, 0.2) is 0 Å². The molecule has 2 aromatic carbocycles. The fraction of sp³-hybridized carbons (Fsp3) is 0.136. The van der Waals surface area contributed by atoms with Gasteiger partial charge in [0.1, 0.15) is 11.3 Å². The molecule has 0 saturated carbocycles. The lowest BCUT2D eigenvalue weighted by atomic mass is 10.0. The van der Waals surface area contributed by atoms with Crippen molar-refractivity contribution in [2.24, 2.45) is 0 Å². The first-order chi connectivity index (χ1) is 13.7. The van der Waals surface area contributed by atoms with Crippen LogP contribution < -0.4 is 15.2 Å². The van der Waals surface area contributed by atoms with Crippen LogP contribution in [0.15, 0.2) is 66.5 Å². The lowest BCUT2D eigenvalue weighted by Crippen LogP contribution is -2.35. The summed E-state index contributed by atoms with van der Waals surface area (Å²) in [7, 11) is 0. The van der Waals surface area contributed by atoms with Gasteiger partial charge in [-0.3, -0.25) is 20.0 Å². The van der Waals surface area contributed by atoms with Crippen LogP contribution in [0.25, 0.3) is 16.8 Å². The van der Waals surface area contributed by atoms with Gasteiger partial charge < -0.3 is 4.74 Å². The first kappa shape index (κ1) is 17.7. The summed E-state index contributed by atoms with van der Waals surface area (Å²) in [5, 5.41) is 2.97. The van der Waals surface area contributed by atoms with Crippen molar-refractivity contribution in [2.45, 2.75) is 13.3 Å². The number of carbonyl (C=O) groups excluding carboxylic acids is 2. The van der Waals surface area contributed by atoms with Gasteiger partial charge in [-0.25, -0.2) is 5.01 Å². The number of para-hydroxylation sites is 1. The topological polar surface area (TPSA) is 71.5 Å². The number of benzene rings is 2. The van der Waals surface area contributed by atoms with Gasteiger partial charge in [-0.15, -0.1) is 0 Å². The highest BCUT2D eigenvalue weighted by molar-refractivity contribution is 6.32. The Kier molecular flexibility index (Phi) is 4.76. The van der Waals surface area contributed by atoms with Gasteiger partial charge in [0.05, 0.1) is 12.3 Å².